The van der Waals surface area contributed by atoms with Crippen LogP contribution in [-0.4, -0.2) is 28.2 Å². The minimum atomic E-state index is -0.438. The Kier molecular flexibility index (Phi) is 7.30. The lowest BCUT2D eigenvalue weighted by molar-refractivity contribution is -0.163. The van der Waals surface area contributed by atoms with Gasteiger partial charge in [-0.1, -0.05) is 45.9 Å². The van der Waals surface area contributed by atoms with E-state index in [4.69, 9.17) is 0 Å². The zero-order chi connectivity index (χ0) is 24.0. The molecule has 0 spiro atoms. The van der Waals surface area contributed by atoms with E-state index in [1.54, 1.807) is 0 Å². The SMILES string of the molecule is CCCCSC(=O)CCC(C)C1CCC2C3C(=O)CC4(C)CC(=O)CCC4C3CC(=O)C12C. The summed E-state index contributed by atoms with van der Waals surface area (Å²) in [5, 5.41) is 0.277. The Balaban J connectivity index is 1.48. The van der Waals surface area contributed by atoms with Crippen molar-refractivity contribution >= 4 is 34.2 Å². The summed E-state index contributed by atoms with van der Waals surface area (Å²) in [5.74, 6) is 3.00. The molecule has 4 aliphatic carbocycles. The number of thioether (sulfide) groups is 1. The van der Waals surface area contributed by atoms with Gasteiger partial charge in [-0.15, -0.1) is 0 Å². The molecule has 4 fully saturated rings. The second kappa shape index (κ2) is 9.59. The molecule has 0 aromatic heterocycles. The van der Waals surface area contributed by atoms with Gasteiger partial charge in [0.25, 0.3) is 0 Å². The van der Waals surface area contributed by atoms with Gasteiger partial charge in [0.2, 0.25) is 0 Å². The number of unbranched alkanes of at least 4 members (excludes halogenated alkanes) is 1. The summed E-state index contributed by atoms with van der Waals surface area (Å²) in [6, 6.07) is 0. The zero-order valence-electron chi connectivity index (χ0n) is 21.0. The first-order valence-electron chi connectivity index (χ1n) is 13.3. The highest BCUT2D eigenvalue weighted by Gasteiger charge is 2.65. The van der Waals surface area contributed by atoms with Gasteiger partial charge in [0.15, 0.2) is 5.12 Å². The normalized spacial score (nSPS) is 41.3. The van der Waals surface area contributed by atoms with Gasteiger partial charge in [0.05, 0.1) is 0 Å². The molecule has 0 N–H and O–H groups in total. The van der Waals surface area contributed by atoms with Crippen LogP contribution in [-0.2, 0) is 19.2 Å². The molecule has 0 aromatic carbocycles. The van der Waals surface area contributed by atoms with Gasteiger partial charge >= 0.3 is 0 Å². The molecular formula is C28H42O4S. The lowest BCUT2D eigenvalue weighted by atomic mass is 9.45. The number of Topliss-reactive ketones (excluding diaryl/α,β-unsaturated/α-hetero) is 3. The summed E-state index contributed by atoms with van der Waals surface area (Å²) in [7, 11) is 0. The van der Waals surface area contributed by atoms with Crippen LogP contribution in [0.1, 0.15) is 98.3 Å². The van der Waals surface area contributed by atoms with Crippen LogP contribution in [0.4, 0.5) is 0 Å². The maximum absolute atomic E-state index is 13.8. The largest absolute Gasteiger partial charge is 0.300 e. The molecule has 4 saturated carbocycles. The van der Waals surface area contributed by atoms with Gasteiger partial charge in [-0.25, -0.2) is 0 Å². The van der Waals surface area contributed by atoms with E-state index < -0.39 is 5.41 Å². The molecule has 4 aliphatic rings. The molecule has 0 bridgehead atoms. The minimum Gasteiger partial charge on any atom is -0.300 e. The van der Waals surface area contributed by atoms with Crippen molar-refractivity contribution in [2.75, 3.05) is 5.75 Å². The van der Waals surface area contributed by atoms with E-state index in [-0.39, 0.29) is 40.0 Å². The van der Waals surface area contributed by atoms with Gasteiger partial charge in [-0.3, -0.25) is 19.2 Å². The molecular weight excluding hydrogens is 432 g/mol. The van der Waals surface area contributed by atoms with Crippen molar-refractivity contribution in [1.29, 1.82) is 0 Å². The van der Waals surface area contributed by atoms with Crippen molar-refractivity contribution < 1.29 is 19.2 Å². The van der Waals surface area contributed by atoms with E-state index in [9.17, 15) is 19.2 Å². The summed E-state index contributed by atoms with van der Waals surface area (Å²) in [5.41, 5.74) is -0.685. The lowest BCUT2D eigenvalue weighted by Gasteiger charge is -2.57. The molecule has 33 heavy (non-hydrogen) atoms. The van der Waals surface area contributed by atoms with Crippen LogP contribution < -0.4 is 0 Å². The van der Waals surface area contributed by atoms with Crippen LogP contribution in [0.25, 0.3) is 0 Å². The van der Waals surface area contributed by atoms with Crippen molar-refractivity contribution in [3.8, 4) is 0 Å². The highest BCUT2D eigenvalue weighted by Crippen LogP contribution is 2.65. The molecule has 0 heterocycles. The fourth-order valence-corrected chi connectivity index (χ4v) is 9.44. The Hall–Kier alpha value is -0.970. The Bertz CT molecular complexity index is 821. The Morgan fingerprint density at radius 2 is 1.85 bits per heavy atom. The van der Waals surface area contributed by atoms with Gasteiger partial charge < -0.3 is 0 Å². The third kappa shape index (κ3) is 4.41. The number of fused-ring (bicyclic) bond motifs is 5. The smallest absolute Gasteiger partial charge is 0.188 e. The fraction of sp³-hybridized carbons (Fsp3) is 0.857. The maximum Gasteiger partial charge on any atom is 0.188 e. The minimum absolute atomic E-state index is 0.0117. The number of carbonyl (C=O) groups is 4. The van der Waals surface area contributed by atoms with Gasteiger partial charge in [-0.05, 0) is 67.1 Å². The molecule has 4 nitrogen and oxygen atoms in total. The van der Waals surface area contributed by atoms with Crippen molar-refractivity contribution in [3.05, 3.63) is 0 Å². The second-order valence-corrected chi connectivity index (χ2v) is 13.3. The van der Waals surface area contributed by atoms with E-state index in [2.05, 4.69) is 27.7 Å². The van der Waals surface area contributed by atoms with Crippen LogP contribution in [0.15, 0.2) is 0 Å². The molecule has 5 heteroatoms. The average molecular weight is 475 g/mol. The van der Waals surface area contributed by atoms with Gasteiger partial charge in [0, 0.05) is 49.2 Å². The summed E-state index contributed by atoms with van der Waals surface area (Å²) < 4.78 is 0. The highest BCUT2D eigenvalue weighted by atomic mass is 32.2. The van der Waals surface area contributed by atoms with Crippen LogP contribution in [0.2, 0.25) is 0 Å². The van der Waals surface area contributed by atoms with Crippen molar-refractivity contribution in [2.45, 2.75) is 98.3 Å². The van der Waals surface area contributed by atoms with E-state index >= 15 is 0 Å². The molecule has 184 valence electrons. The molecule has 4 rings (SSSR count). The van der Waals surface area contributed by atoms with Crippen molar-refractivity contribution in [1.82, 2.24) is 0 Å². The predicted molar refractivity (Wildman–Crippen MR) is 132 cm³/mol. The molecule has 0 aliphatic heterocycles. The summed E-state index contributed by atoms with van der Waals surface area (Å²) in [6.07, 6.45) is 8.52. The molecule has 0 amide bonds. The third-order valence-electron chi connectivity index (χ3n) is 10.2. The van der Waals surface area contributed by atoms with E-state index in [1.165, 1.54) is 11.8 Å². The Labute approximate surface area is 203 Å². The molecule has 8 atom stereocenters. The first-order chi connectivity index (χ1) is 15.6. The Morgan fingerprint density at radius 3 is 2.58 bits per heavy atom. The Morgan fingerprint density at radius 1 is 1.09 bits per heavy atom. The number of rotatable bonds is 7. The number of ketones is 3. The third-order valence-corrected chi connectivity index (χ3v) is 11.2. The standard InChI is InChI=1S/C28H42O4S/c1-5-6-13-33-25(32)12-7-17(2)20-10-11-22-26-19(14-24(31)28(20,22)4)21-9-8-18(29)15-27(21,3)16-23(26)30/h17,19-22,26H,5-16H2,1-4H3. The van der Waals surface area contributed by atoms with Crippen molar-refractivity contribution in [2.24, 2.45) is 46.3 Å². The first-order valence-corrected chi connectivity index (χ1v) is 14.3. The quantitative estimate of drug-likeness (QED) is 0.420. The summed E-state index contributed by atoms with van der Waals surface area (Å²) in [4.78, 5) is 51.8. The first kappa shape index (κ1) is 25.1. The second-order valence-electron chi connectivity index (χ2n) is 12.1. The summed E-state index contributed by atoms with van der Waals surface area (Å²) >= 11 is 1.46. The predicted octanol–water partition coefficient (Wildman–Crippen LogP) is 6.05. The average Bonchev–Trinajstić information content (AvgIpc) is 3.10. The molecule has 0 aromatic rings. The van der Waals surface area contributed by atoms with Crippen LogP contribution in [0.5, 0.6) is 0 Å². The van der Waals surface area contributed by atoms with Crippen molar-refractivity contribution in [3.63, 3.8) is 0 Å². The van der Waals surface area contributed by atoms with Crippen LogP contribution >= 0.6 is 11.8 Å². The maximum atomic E-state index is 13.8. The zero-order valence-corrected chi connectivity index (χ0v) is 21.8. The van der Waals surface area contributed by atoms with E-state index in [0.29, 0.717) is 55.5 Å². The van der Waals surface area contributed by atoms with E-state index in [0.717, 1.165) is 44.3 Å². The number of carbonyl (C=O) groups excluding carboxylic acids is 4. The van der Waals surface area contributed by atoms with Crippen LogP contribution in [0, 0.1) is 46.3 Å². The molecule has 0 saturated heterocycles. The highest BCUT2D eigenvalue weighted by molar-refractivity contribution is 8.13. The fourth-order valence-electron chi connectivity index (χ4n) is 8.51. The number of hydrogen-bond acceptors (Lipinski definition) is 5. The molecule has 0 radical (unpaired) electrons. The van der Waals surface area contributed by atoms with E-state index in [1.807, 2.05) is 0 Å². The lowest BCUT2D eigenvalue weighted by Crippen LogP contribution is -2.59. The summed E-state index contributed by atoms with van der Waals surface area (Å²) in [6.45, 7) is 8.62. The monoisotopic (exact) mass is 474 g/mol. The molecule has 8 unspecified atom stereocenters. The topological polar surface area (TPSA) is 68.3 Å². The van der Waals surface area contributed by atoms with Gasteiger partial charge in [-0.2, -0.15) is 0 Å². The number of hydrogen-bond donors (Lipinski definition) is 0. The van der Waals surface area contributed by atoms with Crippen LogP contribution in [0.3, 0.4) is 0 Å². The van der Waals surface area contributed by atoms with Gasteiger partial charge in [0.1, 0.15) is 17.3 Å².